The predicted octanol–water partition coefficient (Wildman–Crippen LogP) is 2.85. The maximum Gasteiger partial charge on any atom is 0.237 e. The van der Waals surface area contributed by atoms with E-state index < -0.39 is 0 Å². The third-order valence-electron chi connectivity index (χ3n) is 2.78. The first-order chi connectivity index (χ1) is 7.80. The molecule has 0 fully saturated rings. The Hall–Kier alpha value is -0.570. The Morgan fingerprint density at radius 2 is 1.82 bits per heavy atom. The Bertz CT molecular complexity index is 221. The molecule has 0 rings (SSSR count). The lowest BCUT2D eigenvalue weighted by Gasteiger charge is -2.26. The standard InChI is InChI=1S/C14H30N2O/c1-7-9-10-12(8-2)15-11(3)13(17)16-14(4,5)6/h11-12,15H,7-10H2,1-6H3,(H,16,17). The molecule has 0 aromatic heterocycles. The zero-order chi connectivity index (χ0) is 13.5. The fourth-order valence-corrected chi connectivity index (χ4v) is 1.76. The minimum absolute atomic E-state index is 0.0902. The first-order valence-electron chi connectivity index (χ1n) is 6.88. The molecule has 17 heavy (non-hydrogen) atoms. The smallest absolute Gasteiger partial charge is 0.237 e. The van der Waals surface area contributed by atoms with Crippen molar-refractivity contribution in [2.75, 3.05) is 0 Å². The number of unbranched alkanes of at least 4 members (excludes halogenated alkanes) is 1. The number of nitrogens with one attached hydrogen (secondary N) is 2. The van der Waals surface area contributed by atoms with Crippen molar-refractivity contribution in [3.8, 4) is 0 Å². The van der Waals surface area contributed by atoms with Gasteiger partial charge in [-0.15, -0.1) is 0 Å². The molecule has 1 amide bonds. The van der Waals surface area contributed by atoms with Gasteiger partial charge in [0.1, 0.15) is 0 Å². The molecule has 2 unspecified atom stereocenters. The number of rotatable bonds is 7. The van der Waals surface area contributed by atoms with Crippen molar-refractivity contribution in [2.24, 2.45) is 0 Å². The van der Waals surface area contributed by atoms with Crippen LogP contribution in [0, 0.1) is 0 Å². The van der Waals surface area contributed by atoms with Gasteiger partial charge in [0, 0.05) is 11.6 Å². The van der Waals surface area contributed by atoms with Gasteiger partial charge in [-0.05, 0) is 40.5 Å². The highest BCUT2D eigenvalue weighted by Gasteiger charge is 2.20. The second kappa shape index (κ2) is 7.70. The van der Waals surface area contributed by atoms with Crippen molar-refractivity contribution in [1.82, 2.24) is 10.6 Å². The van der Waals surface area contributed by atoms with Gasteiger partial charge < -0.3 is 10.6 Å². The van der Waals surface area contributed by atoms with Gasteiger partial charge in [-0.3, -0.25) is 4.79 Å². The molecule has 0 aromatic carbocycles. The highest BCUT2D eigenvalue weighted by Crippen LogP contribution is 2.06. The van der Waals surface area contributed by atoms with Crippen molar-refractivity contribution in [3.05, 3.63) is 0 Å². The molecular weight excluding hydrogens is 212 g/mol. The number of hydrogen-bond acceptors (Lipinski definition) is 2. The Morgan fingerprint density at radius 3 is 2.24 bits per heavy atom. The van der Waals surface area contributed by atoms with Crippen molar-refractivity contribution in [2.45, 2.75) is 84.8 Å². The normalized spacial score (nSPS) is 15.4. The van der Waals surface area contributed by atoms with Crippen molar-refractivity contribution in [1.29, 1.82) is 0 Å². The van der Waals surface area contributed by atoms with Crippen LogP contribution in [0.2, 0.25) is 0 Å². The van der Waals surface area contributed by atoms with Crippen LogP contribution in [-0.4, -0.2) is 23.5 Å². The molecule has 3 nitrogen and oxygen atoms in total. The fourth-order valence-electron chi connectivity index (χ4n) is 1.76. The van der Waals surface area contributed by atoms with Crippen LogP contribution in [0.15, 0.2) is 0 Å². The predicted molar refractivity (Wildman–Crippen MR) is 74.1 cm³/mol. The topological polar surface area (TPSA) is 41.1 Å². The SMILES string of the molecule is CCCCC(CC)NC(C)C(=O)NC(C)(C)C. The number of carbonyl (C=O) groups is 1. The van der Waals surface area contributed by atoms with Gasteiger partial charge in [-0.25, -0.2) is 0 Å². The highest BCUT2D eigenvalue weighted by molar-refractivity contribution is 5.81. The summed E-state index contributed by atoms with van der Waals surface area (Å²) >= 11 is 0. The Labute approximate surface area is 107 Å². The van der Waals surface area contributed by atoms with Crippen LogP contribution in [0.4, 0.5) is 0 Å². The number of carbonyl (C=O) groups excluding carboxylic acids is 1. The minimum Gasteiger partial charge on any atom is -0.350 e. The van der Waals surface area contributed by atoms with E-state index in [2.05, 4.69) is 24.5 Å². The molecule has 3 heteroatoms. The van der Waals surface area contributed by atoms with Gasteiger partial charge >= 0.3 is 0 Å². The maximum atomic E-state index is 11.9. The van der Waals surface area contributed by atoms with Gasteiger partial charge in [-0.2, -0.15) is 0 Å². The Morgan fingerprint density at radius 1 is 1.24 bits per heavy atom. The van der Waals surface area contributed by atoms with Crippen LogP contribution in [0.5, 0.6) is 0 Å². The molecule has 0 aliphatic carbocycles. The molecule has 0 saturated carbocycles. The van der Waals surface area contributed by atoms with Gasteiger partial charge in [0.05, 0.1) is 6.04 Å². The molecule has 0 aromatic rings. The molecule has 0 bridgehead atoms. The molecule has 2 N–H and O–H groups in total. The summed E-state index contributed by atoms with van der Waals surface area (Å²) in [6, 6.07) is 0.340. The van der Waals surface area contributed by atoms with Crippen molar-refractivity contribution in [3.63, 3.8) is 0 Å². The lowest BCUT2D eigenvalue weighted by Crippen LogP contribution is -2.51. The Kier molecular flexibility index (Phi) is 7.44. The molecule has 0 radical (unpaired) electrons. The summed E-state index contributed by atoms with van der Waals surface area (Å²) < 4.78 is 0. The lowest BCUT2D eigenvalue weighted by molar-refractivity contribution is -0.124. The van der Waals surface area contributed by atoms with E-state index in [4.69, 9.17) is 0 Å². The second-order valence-electron chi connectivity index (χ2n) is 5.88. The average molecular weight is 242 g/mol. The fraction of sp³-hybridized carbons (Fsp3) is 0.929. The summed E-state index contributed by atoms with van der Waals surface area (Å²) in [5, 5.41) is 6.41. The van der Waals surface area contributed by atoms with Gasteiger partial charge in [0.25, 0.3) is 0 Å². The van der Waals surface area contributed by atoms with Crippen molar-refractivity contribution < 1.29 is 4.79 Å². The van der Waals surface area contributed by atoms with E-state index in [1.54, 1.807) is 0 Å². The summed E-state index contributed by atoms with van der Waals surface area (Å²) in [6.45, 7) is 12.3. The molecule has 0 spiro atoms. The third kappa shape index (κ3) is 8.19. The van der Waals surface area contributed by atoms with E-state index in [1.165, 1.54) is 12.8 Å². The second-order valence-corrected chi connectivity index (χ2v) is 5.88. The van der Waals surface area contributed by atoms with Crippen molar-refractivity contribution >= 4 is 5.91 Å². The summed E-state index contributed by atoms with van der Waals surface area (Å²) in [5.74, 6) is 0.0902. The van der Waals surface area contributed by atoms with Crippen LogP contribution < -0.4 is 10.6 Å². The summed E-state index contributed by atoms with van der Waals surface area (Å²) in [4.78, 5) is 11.9. The van der Waals surface area contributed by atoms with Crippen LogP contribution >= 0.6 is 0 Å². The average Bonchev–Trinajstić information content (AvgIpc) is 2.21. The molecular formula is C14H30N2O. The summed E-state index contributed by atoms with van der Waals surface area (Å²) in [6.07, 6.45) is 4.66. The summed E-state index contributed by atoms with van der Waals surface area (Å²) in [5.41, 5.74) is -0.155. The van der Waals surface area contributed by atoms with Crippen LogP contribution in [0.1, 0.15) is 67.2 Å². The third-order valence-corrected chi connectivity index (χ3v) is 2.78. The first kappa shape index (κ1) is 16.4. The zero-order valence-electron chi connectivity index (χ0n) is 12.4. The van der Waals surface area contributed by atoms with Crippen LogP contribution in [0.25, 0.3) is 0 Å². The van der Waals surface area contributed by atoms with E-state index >= 15 is 0 Å². The first-order valence-corrected chi connectivity index (χ1v) is 6.88. The van der Waals surface area contributed by atoms with E-state index in [0.717, 1.165) is 12.8 Å². The minimum atomic E-state index is -0.155. The van der Waals surface area contributed by atoms with E-state index in [9.17, 15) is 4.79 Å². The molecule has 102 valence electrons. The van der Waals surface area contributed by atoms with E-state index in [0.29, 0.717) is 6.04 Å². The summed E-state index contributed by atoms with van der Waals surface area (Å²) in [7, 11) is 0. The lowest BCUT2D eigenvalue weighted by atomic mass is 10.1. The number of amides is 1. The molecule has 0 aliphatic heterocycles. The largest absolute Gasteiger partial charge is 0.350 e. The quantitative estimate of drug-likeness (QED) is 0.721. The molecule has 0 aliphatic rings. The van der Waals surface area contributed by atoms with E-state index in [1.807, 2.05) is 27.7 Å². The monoisotopic (exact) mass is 242 g/mol. The molecule has 2 atom stereocenters. The number of hydrogen-bond donors (Lipinski definition) is 2. The molecule has 0 saturated heterocycles. The maximum absolute atomic E-state index is 11.9. The van der Waals surface area contributed by atoms with Crippen LogP contribution in [0.3, 0.4) is 0 Å². The van der Waals surface area contributed by atoms with Gasteiger partial charge in [0.2, 0.25) is 5.91 Å². The van der Waals surface area contributed by atoms with Gasteiger partial charge in [-0.1, -0.05) is 26.7 Å². The van der Waals surface area contributed by atoms with Crippen LogP contribution in [-0.2, 0) is 4.79 Å². The Balaban J connectivity index is 4.12. The molecule has 0 heterocycles. The van der Waals surface area contributed by atoms with Gasteiger partial charge in [0.15, 0.2) is 0 Å². The highest BCUT2D eigenvalue weighted by atomic mass is 16.2. The van der Waals surface area contributed by atoms with E-state index in [-0.39, 0.29) is 17.5 Å². The zero-order valence-corrected chi connectivity index (χ0v) is 12.4.